The van der Waals surface area contributed by atoms with Gasteiger partial charge in [0, 0.05) is 0 Å². The van der Waals surface area contributed by atoms with E-state index in [0.29, 0.717) is 6.42 Å². The van der Waals surface area contributed by atoms with Crippen LogP contribution in [-0.4, -0.2) is 39.9 Å². The number of nitrogens with zero attached hydrogens (tertiary/aromatic N) is 1. The number of aliphatic hydroxyl groups is 1. The number of rotatable bonds is 1. The second kappa shape index (κ2) is 2.87. The minimum atomic E-state index is -0.946. The molecule has 0 atom stereocenters. The van der Waals surface area contributed by atoms with Gasteiger partial charge in [0.15, 0.2) is 0 Å². The molecule has 1 rings (SSSR count). The summed E-state index contributed by atoms with van der Waals surface area (Å²) in [6.07, 6.45) is -0.303. The molecule has 4 nitrogen and oxygen atoms in total. The largest absolute Gasteiger partial charge is 0.465 e. The standard InChI is InChI=1S/C9H17NO3/c1-8(2,3)4-9(13)5-10(6-9)7(11)12/h13H,4-6H2,1-3H3,(H,11,12). The van der Waals surface area contributed by atoms with Crippen LogP contribution in [0.1, 0.15) is 27.2 Å². The molecule has 0 saturated carbocycles. The first kappa shape index (κ1) is 10.3. The second-order valence-electron chi connectivity index (χ2n) is 5.10. The zero-order chi connectivity index (χ0) is 10.3. The van der Waals surface area contributed by atoms with E-state index in [1.165, 1.54) is 4.90 Å². The van der Waals surface area contributed by atoms with Crippen molar-refractivity contribution in [1.82, 2.24) is 4.90 Å². The summed E-state index contributed by atoms with van der Waals surface area (Å²) in [5, 5.41) is 18.4. The SMILES string of the molecule is CC(C)(C)CC1(O)CN(C(=O)O)C1. The van der Waals surface area contributed by atoms with Gasteiger partial charge < -0.3 is 15.1 Å². The summed E-state index contributed by atoms with van der Waals surface area (Å²) in [5.41, 5.74) is -0.754. The summed E-state index contributed by atoms with van der Waals surface area (Å²) in [7, 11) is 0. The molecule has 1 amide bonds. The van der Waals surface area contributed by atoms with Crippen molar-refractivity contribution in [3.8, 4) is 0 Å². The first-order valence-electron chi connectivity index (χ1n) is 4.42. The number of carboxylic acid groups (broad SMARTS) is 1. The van der Waals surface area contributed by atoms with Crippen LogP contribution in [0.3, 0.4) is 0 Å². The summed E-state index contributed by atoms with van der Waals surface area (Å²) in [5.74, 6) is 0. The van der Waals surface area contributed by atoms with Crippen LogP contribution < -0.4 is 0 Å². The van der Waals surface area contributed by atoms with Crippen molar-refractivity contribution in [3.05, 3.63) is 0 Å². The van der Waals surface area contributed by atoms with Crippen LogP contribution in [-0.2, 0) is 0 Å². The molecule has 2 N–H and O–H groups in total. The van der Waals surface area contributed by atoms with E-state index in [0.717, 1.165) is 0 Å². The maximum Gasteiger partial charge on any atom is 0.407 e. The van der Waals surface area contributed by atoms with Crippen molar-refractivity contribution in [1.29, 1.82) is 0 Å². The summed E-state index contributed by atoms with van der Waals surface area (Å²) >= 11 is 0. The van der Waals surface area contributed by atoms with E-state index in [2.05, 4.69) is 0 Å². The molecule has 0 aromatic heterocycles. The Morgan fingerprint density at radius 1 is 1.46 bits per heavy atom. The molecule has 1 aliphatic rings. The smallest absolute Gasteiger partial charge is 0.407 e. The van der Waals surface area contributed by atoms with Crippen LogP contribution in [0.25, 0.3) is 0 Å². The summed E-state index contributed by atoms with van der Waals surface area (Å²) in [4.78, 5) is 11.7. The van der Waals surface area contributed by atoms with E-state index in [1.807, 2.05) is 20.8 Å². The fourth-order valence-corrected chi connectivity index (χ4v) is 1.90. The lowest BCUT2D eigenvalue weighted by Gasteiger charge is -2.47. The molecule has 76 valence electrons. The molecule has 1 aliphatic heterocycles. The van der Waals surface area contributed by atoms with Gasteiger partial charge in [0.2, 0.25) is 0 Å². The Morgan fingerprint density at radius 3 is 2.23 bits per heavy atom. The molecule has 0 aromatic carbocycles. The number of β-amino-alcohol motifs (C(OH)–C–C–N with tert-alkyl or cyclic N) is 1. The fraction of sp³-hybridized carbons (Fsp3) is 0.889. The van der Waals surface area contributed by atoms with E-state index >= 15 is 0 Å². The monoisotopic (exact) mass is 187 g/mol. The molecule has 1 saturated heterocycles. The number of carbonyl (C=O) groups is 1. The van der Waals surface area contributed by atoms with Crippen molar-refractivity contribution in [2.75, 3.05) is 13.1 Å². The summed E-state index contributed by atoms with van der Waals surface area (Å²) in [6.45, 7) is 6.61. The normalized spacial score (nSPS) is 21.1. The highest BCUT2D eigenvalue weighted by Gasteiger charge is 2.45. The molecular formula is C9H17NO3. The summed E-state index contributed by atoms with van der Waals surface area (Å²) < 4.78 is 0. The van der Waals surface area contributed by atoms with Crippen LogP contribution in [0.4, 0.5) is 4.79 Å². The van der Waals surface area contributed by atoms with Gasteiger partial charge in [-0.15, -0.1) is 0 Å². The highest BCUT2D eigenvalue weighted by atomic mass is 16.4. The van der Waals surface area contributed by atoms with Gasteiger partial charge in [-0.25, -0.2) is 4.79 Å². The zero-order valence-corrected chi connectivity index (χ0v) is 8.37. The van der Waals surface area contributed by atoms with Gasteiger partial charge in [0.05, 0.1) is 13.1 Å². The Morgan fingerprint density at radius 2 is 1.92 bits per heavy atom. The maximum absolute atomic E-state index is 10.4. The predicted octanol–water partition coefficient (Wildman–Crippen LogP) is 1.15. The van der Waals surface area contributed by atoms with E-state index in [-0.39, 0.29) is 18.5 Å². The van der Waals surface area contributed by atoms with Crippen LogP contribution in [0.2, 0.25) is 0 Å². The van der Waals surface area contributed by atoms with Gasteiger partial charge in [-0.3, -0.25) is 0 Å². The molecule has 0 aliphatic carbocycles. The Bertz CT molecular complexity index is 213. The van der Waals surface area contributed by atoms with E-state index in [1.54, 1.807) is 0 Å². The van der Waals surface area contributed by atoms with Crippen molar-refractivity contribution >= 4 is 6.09 Å². The molecule has 1 heterocycles. The molecule has 0 bridgehead atoms. The van der Waals surface area contributed by atoms with Crippen molar-refractivity contribution in [3.63, 3.8) is 0 Å². The lowest BCUT2D eigenvalue weighted by molar-refractivity contribution is -0.105. The third-order valence-electron chi connectivity index (χ3n) is 2.10. The van der Waals surface area contributed by atoms with Crippen molar-refractivity contribution < 1.29 is 15.0 Å². The highest BCUT2D eigenvalue weighted by Crippen LogP contribution is 2.33. The quantitative estimate of drug-likeness (QED) is 0.647. The minimum Gasteiger partial charge on any atom is -0.465 e. The fourth-order valence-electron chi connectivity index (χ4n) is 1.90. The van der Waals surface area contributed by atoms with Gasteiger partial charge in [0.25, 0.3) is 0 Å². The average Bonchev–Trinajstić information content (AvgIpc) is 1.77. The Labute approximate surface area is 78.2 Å². The number of likely N-dealkylation sites (tertiary alicyclic amines) is 1. The first-order chi connectivity index (χ1) is 5.72. The lowest BCUT2D eigenvalue weighted by atomic mass is 9.78. The highest BCUT2D eigenvalue weighted by molar-refractivity contribution is 5.66. The topological polar surface area (TPSA) is 60.8 Å². The number of amides is 1. The predicted molar refractivity (Wildman–Crippen MR) is 48.6 cm³/mol. The Hall–Kier alpha value is -0.770. The first-order valence-corrected chi connectivity index (χ1v) is 4.42. The Balaban J connectivity index is 2.43. The third kappa shape index (κ3) is 2.59. The second-order valence-corrected chi connectivity index (χ2v) is 5.10. The molecule has 1 fully saturated rings. The van der Waals surface area contributed by atoms with Crippen LogP contribution in [0.5, 0.6) is 0 Å². The zero-order valence-electron chi connectivity index (χ0n) is 8.37. The van der Waals surface area contributed by atoms with E-state index in [4.69, 9.17) is 5.11 Å². The minimum absolute atomic E-state index is 0.0410. The van der Waals surface area contributed by atoms with Gasteiger partial charge in [0.1, 0.15) is 5.60 Å². The van der Waals surface area contributed by atoms with Crippen LogP contribution in [0.15, 0.2) is 0 Å². The average molecular weight is 187 g/mol. The maximum atomic E-state index is 10.4. The molecule has 4 heteroatoms. The molecule has 0 spiro atoms. The molecule has 13 heavy (non-hydrogen) atoms. The van der Waals surface area contributed by atoms with Crippen LogP contribution in [0, 0.1) is 5.41 Å². The van der Waals surface area contributed by atoms with Gasteiger partial charge >= 0.3 is 6.09 Å². The van der Waals surface area contributed by atoms with E-state index < -0.39 is 11.7 Å². The van der Waals surface area contributed by atoms with Crippen molar-refractivity contribution in [2.45, 2.75) is 32.8 Å². The molecule has 0 radical (unpaired) electrons. The summed E-state index contributed by atoms with van der Waals surface area (Å²) in [6, 6.07) is 0. The lowest BCUT2D eigenvalue weighted by Crippen LogP contribution is -2.64. The van der Waals surface area contributed by atoms with Crippen molar-refractivity contribution in [2.24, 2.45) is 5.41 Å². The van der Waals surface area contributed by atoms with Crippen LogP contribution >= 0.6 is 0 Å². The van der Waals surface area contributed by atoms with E-state index in [9.17, 15) is 9.90 Å². The third-order valence-corrected chi connectivity index (χ3v) is 2.10. The Kier molecular flexibility index (Phi) is 2.28. The van der Waals surface area contributed by atoms with Gasteiger partial charge in [-0.05, 0) is 11.8 Å². The molecular weight excluding hydrogens is 170 g/mol. The molecule has 0 aromatic rings. The van der Waals surface area contributed by atoms with Gasteiger partial charge in [-0.1, -0.05) is 20.8 Å². The number of hydrogen-bond acceptors (Lipinski definition) is 2. The molecule has 0 unspecified atom stereocenters. The number of hydrogen-bond donors (Lipinski definition) is 2. The van der Waals surface area contributed by atoms with Gasteiger partial charge in [-0.2, -0.15) is 0 Å².